The highest BCUT2D eigenvalue weighted by Gasteiger charge is 2.21. The molecule has 0 radical (unpaired) electrons. The maximum absolute atomic E-state index is 12.0. The first-order valence-electron chi connectivity index (χ1n) is 6.57. The Labute approximate surface area is 139 Å². The van der Waals surface area contributed by atoms with Crippen molar-refractivity contribution in [1.29, 1.82) is 0 Å². The van der Waals surface area contributed by atoms with Crippen molar-refractivity contribution in [2.24, 2.45) is 0 Å². The first-order chi connectivity index (χ1) is 9.65. The van der Waals surface area contributed by atoms with Gasteiger partial charge in [-0.2, -0.15) is 0 Å². The SMILES string of the molecule is COc1cc(Br)c(CNC(=O)C2CCCN2)cc1OC.Cl. The molecule has 0 aromatic heterocycles. The molecule has 2 N–H and O–H groups in total. The van der Waals surface area contributed by atoms with E-state index in [9.17, 15) is 4.79 Å². The summed E-state index contributed by atoms with van der Waals surface area (Å²) >= 11 is 3.48. The van der Waals surface area contributed by atoms with Crippen LogP contribution >= 0.6 is 28.3 Å². The van der Waals surface area contributed by atoms with Gasteiger partial charge in [-0.15, -0.1) is 12.4 Å². The number of benzene rings is 1. The standard InChI is InChI=1S/C14H19BrN2O3.ClH/c1-19-12-6-9(10(15)7-13(12)20-2)8-17-14(18)11-4-3-5-16-11;/h6-7,11,16H,3-5,8H2,1-2H3,(H,17,18);1H. The average molecular weight is 380 g/mol. The minimum Gasteiger partial charge on any atom is -0.493 e. The Kier molecular flexibility index (Phi) is 7.28. The molecule has 0 aliphatic carbocycles. The summed E-state index contributed by atoms with van der Waals surface area (Å²) < 4.78 is 11.4. The minimum absolute atomic E-state index is 0. The Hall–Kier alpha value is -0.980. The van der Waals surface area contributed by atoms with Crippen molar-refractivity contribution in [3.05, 3.63) is 22.2 Å². The van der Waals surface area contributed by atoms with Crippen LogP contribution in [0.1, 0.15) is 18.4 Å². The number of hydrogen-bond donors (Lipinski definition) is 2. The first-order valence-corrected chi connectivity index (χ1v) is 7.36. The highest BCUT2D eigenvalue weighted by atomic mass is 79.9. The number of rotatable bonds is 5. The zero-order valence-corrected chi connectivity index (χ0v) is 14.5. The lowest BCUT2D eigenvalue weighted by atomic mass is 10.1. The molecule has 5 nitrogen and oxygen atoms in total. The quantitative estimate of drug-likeness (QED) is 0.824. The van der Waals surface area contributed by atoms with Crippen LogP contribution in [-0.4, -0.2) is 32.7 Å². The van der Waals surface area contributed by atoms with Gasteiger partial charge in [0.15, 0.2) is 11.5 Å². The predicted molar refractivity (Wildman–Crippen MR) is 87.4 cm³/mol. The molecule has 1 aliphatic rings. The summed E-state index contributed by atoms with van der Waals surface area (Å²) in [6, 6.07) is 3.65. The van der Waals surface area contributed by atoms with Crippen molar-refractivity contribution < 1.29 is 14.3 Å². The van der Waals surface area contributed by atoms with Crippen LogP contribution in [0.3, 0.4) is 0 Å². The highest BCUT2D eigenvalue weighted by molar-refractivity contribution is 9.10. The number of carbonyl (C=O) groups is 1. The minimum atomic E-state index is -0.0612. The molecule has 118 valence electrons. The van der Waals surface area contributed by atoms with Crippen molar-refractivity contribution in [2.75, 3.05) is 20.8 Å². The van der Waals surface area contributed by atoms with Crippen molar-refractivity contribution in [1.82, 2.24) is 10.6 Å². The number of methoxy groups -OCH3 is 2. The molecule has 1 aromatic carbocycles. The normalized spacial score (nSPS) is 17.0. The molecule has 2 rings (SSSR count). The van der Waals surface area contributed by atoms with E-state index in [1.807, 2.05) is 12.1 Å². The van der Waals surface area contributed by atoms with E-state index in [1.165, 1.54) is 0 Å². The topological polar surface area (TPSA) is 59.6 Å². The second kappa shape index (κ2) is 8.46. The molecular weight excluding hydrogens is 360 g/mol. The van der Waals surface area contributed by atoms with Gasteiger partial charge in [0.25, 0.3) is 0 Å². The predicted octanol–water partition coefficient (Wildman–Crippen LogP) is 2.26. The van der Waals surface area contributed by atoms with Crippen LogP contribution in [0.5, 0.6) is 11.5 Å². The second-order valence-corrected chi connectivity index (χ2v) is 5.52. The lowest BCUT2D eigenvalue weighted by Crippen LogP contribution is -2.40. The third-order valence-electron chi connectivity index (χ3n) is 3.38. The number of amides is 1. The van der Waals surface area contributed by atoms with Gasteiger partial charge in [0.1, 0.15) is 0 Å². The summed E-state index contributed by atoms with van der Waals surface area (Å²) in [7, 11) is 3.19. The van der Waals surface area contributed by atoms with Crippen LogP contribution in [0.2, 0.25) is 0 Å². The van der Waals surface area contributed by atoms with Crippen molar-refractivity contribution in [3.8, 4) is 11.5 Å². The van der Waals surface area contributed by atoms with Gasteiger partial charge < -0.3 is 20.1 Å². The zero-order valence-electron chi connectivity index (χ0n) is 12.1. The van der Waals surface area contributed by atoms with E-state index < -0.39 is 0 Å². The van der Waals surface area contributed by atoms with Gasteiger partial charge in [-0.25, -0.2) is 0 Å². The third kappa shape index (κ3) is 4.49. The van der Waals surface area contributed by atoms with Crippen LogP contribution in [0.15, 0.2) is 16.6 Å². The van der Waals surface area contributed by atoms with E-state index in [1.54, 1.807) is 14.2 Å². The lowest BCUT2D eigenvalue weighted by molar-refractivity contribution is -0.122. The van der Waals surface area contributed by atoms with E-state index in [4.69, 9.17) is 9.47 Å². The number of nitrogens with one attached hydrogen (secondary N) is 2. The first kappa shape index (κ1) is 18.1. The van der Waals surface area contributed by atoms with Crippen molar-refractivity contribution >= 4 is 34.2 Å². The molecule has 0 saturated carbocycles. The smallest absolute Gasteiger partial charge is 0.237 e. The molecule has 1 heterocycles. The molecule has 1 atom stereocenters. The number of hydrogen-bond acceptors (Lipinski definition) is 4. The maximum Gasteiger partial charge on any atom is 0.237 e. The summed E-state index contributed by atoms with van der Waals surface area (Å²) in [6.45, 7) is 1.37. The summed E-state index contributed by atoms with van der Waals surface area (Å²) in [5, 5.41) is 6.12. The molecular formula is C14H20BrClN2O3. The monoisotopic (exact) mass is 378 g/mol. The zero-order chi connectivity index (χ0) is 14.5. The summed E-state index contributed by atoms with van der Waals surface area (Å²) in [5.41, 5.74) is 0.953. The second-order valence-electron chi connectivity index (χ2n) is 4.67. The van der Waals surface area contributed by atoms with Crippen LogP contribution in [-0.2, 0) is 11.3 Å². The Morgan fingerprint density at radius 1 is 1.38 bits per heavy atom. The van der Waals surface area contributed by atoms with Crippen molar-refractivity contribution in [3.63, 3.8) is 0 Å². The summed E-state index contributed by atoms with van der Waals surface area (Å²) in [6.07, 6.45) is 1.96. The van der Waals surface area contributed by atoms with Gasteiger partial charge in [-0.05, 0) is 37.1 Å². The Morgan fingerprint density at radius 2 is 2.05 bits per heavy atom. The Morgan fingerprint density at radius 3 is 2.62 bits per heavy atom. The van der Waals surface area contributed by atoms with Gasteiger partial charge >= 0.3 is 0 Å². The third-order valence-corrected chi connectivity index (χ3v) is 4.12. The molecule has 1 fully saturated rings. The fraction of sp³-hybridized carbons (Fsp3) is 0.500. The van der Waals surface area contributed by atoms with E-state index in [0.717, 1.165) is 29.4 Å². The molecule has 1 aromatic rings. The molecule has 0 spiro atoms. The molecule has 7 heteroatoms. The van der Waals surface area contributed by atoms with E-state index in [-0.39, 0.29) is 24.4 Å². The van der Waals surface area contributed by atoms with E-state index >= 15 is 0 Å². The molecule has 1 aliphatic heterocycles. The van der Waals surface area contributed by atoms with Crippen LogP contribution in [0.25, 0.3) is 0 Å². The summed E-state index contributed by atoms with van der Waals surface area (Å²) in [4.78, 5) is 12.0. The van der Waals surface area contributed by atoms with Gasteiger partial charge in [-0.3, -0.25) is 4.79 Å². The molecule has 21 heavy (non-hydrogen) atoms. The maximum atomic E-state index is 12.0. The van der Waals surface area contributed by atoms with Crippen LogP contribution in [0.4, 0.5) is 0 Å². The van der Waals surface area contributed by atoms with Gasteiger partial charge in [0.2, 0.25) is 5.91 Å². The van der Waals surface area contributed by atoms with Gasteiger partial charge in [0, 0.05) is 11.0 Å². The largest absolute Gasteiger partial charge is 0.493 e. The molecule has 1 amide bonds. The van der Waals surface area contributed by atoms with Crippen LogP contribution in [0, 0.1) is 0 Å². The molecule has 1 saturated heterocycles. The van der Waals surface area contributed by atoms with Crippen molar-refractivity contribution in [2.45, 2.75) is 25.4 Å². The molecule has 1 unspecified atom stereocenters. The van der Waals surface area contributed by atoms with Crippen LogP contribution < -0.4 is 20.1 Å². The van der Waals surface area contributed by atoms with E-state index in [0.29, 0.717) is 18.0 Å². The molecule has 0 bridgehead atoms. The number of carbonyl (C=O) groups excluding carboxylic acids is 1. The highest BCUT2D eigenvalue weighted by Crippen LogP contribution is 2.33. The number of ether oxygens (including phenoxy) is 2. The Bertz CT molecular complexity index is 493. The summed E-state index contributed by atoms with van der Waals surface area (Å²) in [5.74, 6) is 1.36. The average Bonchev–Trinajstić information content (AvgIpc) is 2.99. The van der Waals surface area contributed by atoms with Gasteiger partial charge in [0.05, 0.1) is 20.3 Å². The fourth-order valence-electron chi connectivity index (χ4n) is 2.25. The van der Waals surface area contributed by atoms with Gasteiger partial charge in [-0.1, -0.05) is 15.9 Å². The number of halogens is 2. The van der Waals surface area contributed by atoms with E-state index in [2.05, 4.69) is 26.6 Å². The lowest BCUT2D eigenvalue weighted by Gasteiger charge is -2.14. The Balaban J connectivity index is 0.00000220. The fourth-order valence-corrected chi connectivity index (χ4v) is 2.71.